The number of aliphatic hydroxyl groups excluding tert-OH is 1. The number of carboxylic acid groups (broad SMARTS) is 1. The van der Waals surface area contributed by atoms with Gasteiger partial charge in [0, 0.05) is 63.4 Å². The molecule has 5 aliphatic heterocycles. The standard InChI is InChI=1S/C13H15N3.C8H18O2.C8H16O2.C6H14O2Si.C6H12O2Si.C6H10O2.CH4.Co/c1-4-12(10-6-2-8-14-10)16-13(5-1)11-7-3-9-15-11;2*1-2-3-4-5-6-7-8(9)10;2*9-3-1-2-7-4-6-5-8-6;1-2-3-7-4-6-5-8-6;;/h1,4-5H,2-3,6-9H2;8-10H,2-7H2,1H3;2-7H2,1H3,(H,9,10);6H,1-5H2,9H3;1-2,6H,3-5H2,9H3;2,6H,1,3-5H2;1H4;. The topological polar surface area (TPSA) is 181 Å². The number of hydrogen-bond donors (Lipinski definition) is 3. The van der Waals surface area contributed by atoms with Crippen LogP contribution in [0.2, 0.25) is 12.1 Å². The molecule has 16 heteroatoms. The number of aliphatic hydroxyl groups is 2. The van der Waals surface area contributed by atoms with E-state index in [9.17, 15) is 4.79 Å². The van der Waals surface area contributed by atoms with Crippen LogP contribution in [0.3, 0.4) is 0 Å². The normalized spacial score (nSPS) is 18.3. The van der Waals surface area contributed by atoms with Gasteiger partial charge in [-0.05, 0) is 69.5 Å². The van der Waals surface area contributed by atoms with E-state index in [2.05, 4.69) is 59.7 Å². The maximum absolute atomic E-state index is 10.0. The third kappa shape index (κ3) is 42.5. The SMILES string of the molecule is C.C=CCOCC1CO1.CCCCCCCC(=O)O.CCCCCCCC(O)O.[Co].[SiH3]CC=COCC1CO1.[SiH3]CCCOCC1CO1.c1cc(C2=NCCC2)nc(C2=NCCC2)c1. The molecular formula is C48H89CoN3O10Si2. The number of aliphatic carboxylic acids is 1. The van der Waals surface area contributed by atoms with E-state index >= 15 is 0 Å². The van der Waals surface area contributed by atoms with Gasteiger partial charge < -0.3 is 43.7 Å². The van der Waals surface area contributed by atoms with Gasteiger partial charge in [0.05, 0.1) is 68.7 Å². The summed E-state index contributed by atoms with van der Waals surface area (Å²) >= 11 is 0. The summed E-state index contributed by atoms with van der Waals surface area (Å²) < 4.78 is 30.3. The molecule has 3 unspecified atom stereocenters. The molecule has 0 saturated carbocycles. The Bertz CT molecular complexity index is 1290. The Morgan fingerprint density at radius 3 is 1.77 bits per heavy atom. The molecule has 6 heterocycles. The van der Waals surface area contributed by atoms with Crippen molar-refractivity contribution in [2.24, 2.45) is 9.98 Å². The first-order valence-electron chi connectivity index (χ1n) is 23.8. The van der Waals surface area contributed by atoms with E-state index in [-0.39, 0.29) is 24.2 Å². The molecule has 5 aliphatic rings. The number of epoxide rings is 3. The second kappa shape index (κ2) is 46.0. The Morgan fingerprint density at radius 1 is 0.812 bits per heavy atom. The molecule has 1 aromatic rings. The molecule has 13 nitrogen and oxygen atoms in total. The third-order valence-electron chi connectivity index (χ3n) is 9.55. The summed E-state index contributed by atoms with van der Waals surface area (Å²) in [5, 5.41) is 25.2. The molecule has 6 rings (SSSR count). The monoisotopic (exact) mass is 983 g/mol. The van der Waals surface area contributed by atoms with Crippen molar-refractivity contribution in [3.8, 4) is 0 Å². The molecule has 0 bridgehead atoms. The third-order valence-corrected chi connectivity index (χ3v) is 10.7. The Balaban J connectivity index is 0. The molecule has 0 aromatic carbocycles. The van der Waals surface area contributed by atoms with Crippen LogP contribution >= 0.6 is 0 Å². The Morgan fingerprint density at radius 2 is 1.33 bits per heavy atom. The van der Waals surface area contributed by atoms with Crippen molar-refractivity contribution in [3.63, 3.8) is 0 Å². The Hall–Kier alpha value is -2.10. The number of carboxylic acids is 1. The molecule has 373 valence electrons. The van der Waals surface area contributed by atoms with Gasteiger partial charge in [-0.25, -0.2) is 4.98 Å². The molecule has 1 aromatic heterocycles. The summed E-state index contributed by atoms with van der Waals surface area (Å²) in [7, 11) is 2.53. The van der Waals surface area contributed by atoms with Crippen LogP contribution < -0.4 is 0 Å². The van der Waals surface area contributed by atoms with Crippen LogP contribution in [0.1, 0.15) is 142 Å². The summed E-state index contributed by atoms with van der Waals surface area (Å²) in [6, 6.07) is 8.71. The number of pyridine rings is 1. The van der Waals surface area contributed by atoms with E-state index in [0.717, 1.165) is 109 Å². The number of nitrogens with zero attached hydrogens (tertiary/aromatic N) is 3. The first-order chi connectivity index (χ1) is 30.3. The van der Waals surface area contributed by atoms with Gasteiger partial charge in [0.25, 0.3) is 0 Å². The number of carbonyl (C=O) groups is 1. The van der Waals surface area contributed by atoms with Crippen molar-refractivity contribution in [3.05, 3.63) is 54.6 Å². The summed E-state index contributed by atoms with van der Waals surface area (Å²) in [4.78, 5) is 23.7. The van der Waals surface area contributed by atoms with Crippen molar-refractivity contribution >= 4 is 37.9 Å². The van der Waals surface area contributed by atoms with Crippen LogP contribution in [0.25, 0.3) is 0 Å². The van der Waals surface area contributed by atoms with Gasteiger partial charge in [-0.3, -0.25) is 14.8 Å². The zero-order chi connectivity index (χ0) is 45.3. The molecule has 64 heavy (non-hydrogen) atoms. The number of unbranched alkanes of at least 4 members (excludes halogenated alkanes) is 8. The first-order valence-corrected chi connectivity index (χ1v) is 26.6. The van der Waals surface area contributed by atoms with Crippen LogP contribution in [-0.4, -0.2) is 149 Å². The predicted molar refractivity (Wildman–Crippen MR) is 265 cm³/mol. The number of hydrogen-bond acceptors (Lipinski definition) is 12. The van der Waals surface area contributed by atoms with Gasteiger partial charge in [-0.1, -0.05) is 96.9 Å². The minimum absolute atomic E-state index is 0. The van der Waals surface area contributed by atoms with Crippen molar-refractivity contribution in [2.75, 3.05) is 65.9 Å². The summed E-state index contributed by atoms with van der Waals surface area (Å²) in [6.45, 7) is 16.3. The predicted octanol–water partition coefficient (Wildman–Crippen LogP) is 6.83. The van der Waals surface area contributed by atoms with Gasteiger partial charge >= 0.3 is 5.97 Å². The second-order valence-electron chi connectivity index (χ2n) is 15.7. The average molecular weight is 983 g/mol. The molecule has 3 saturated heterocycles. The van der Waals surface area contributed by atoms with Crippen LogP contribution in [0.4, 0.5) is 0 Å². The van der Waals surface area contributed by atoms with Crippen molar-refractivity contribution in [1.82, 2.24) is 4.98 Å². The first kappa shape index (κ1) is 64.0. The molecule has 0 spiro atoms. The number of ether oxygens (including phenoxy) is 6. The fourth-order valence-corrected chi connectivity index (χ4v) is 6.11. The van der Waals surface area contributed by atoms with E-state index < -0.39 is 12.3 Å². The Kier molecular flexibility index (Phi) is 46.0. The average Bonchev–Trinajstić information content (AvgIpc) is 4.25. The van der Waals surface area contributed by atoms with Crippen LogP contribution in [-0.2, 0) is 50.0 Å². The minimum Gasteiger partial charge on any atom is -0.499 e. The molecule has 0 aliphatic carbocycles. The van der Waals surface area contributed by atoms with Crippen LogP contribution in [0.15, 0.2) is 53.2 Å². The van der Waals surface area contributed by atoms with Crippen LogP contribution in [0, 0.1) is 0 Å². The zero-order valence-electron chi connectivity index (χ0n) is 39.4. The maximum Gasteiger partial charge on any atom is 0.303 e. The van der Waals surface area contributed by atoms with Gasteiger partial charge in [0.2, 0.25) is 0 Å². The van der Waals surface area contributed by atoms with Gasteiger partial charge in [0.15, 0.2) is 6.29 Å². The molecular weight excluding hydrogens is 894 g/mol. The summed E-state index contributed by atoms with van der Waals surface area (Å²) in [5.74, 6) is -0.670. The number of rotatable bonds is 27. The van der Waals surface area contributed by atoms with E-state index in [0.29, 0.717) is 37.8 Å². The largest absolute Gasteiger partial charge is 0.499 e. The fraction of sp³-hybridized carbons (Fsp3) is 0.750. The fourth-order valence-electron chi connectivity index (χ4n) is 5.63. The van der Waals surface area contributed by atoms with Crippen molar-refractivity contribution in [2.45, 2.75) is 167 Å². The van der Waals surface area contributed by atoms with E-state index in [4.69, 9.17) is 43.7 Å². The second-order valence-corrected chi connectivity index (χ2v) is 17.6. The summed E-state index contributed by atoms with van der Waals surface area (Å²) in [5.41, 5.74) is 4.43. The van der Waals surface area contributed by atoms with Gasteiger partial charge in [-0.15, -0.1) is 6.58 Å². The van der Waals surface area contributed by atoms with Gasteiger partial charge in [-0.2, -0.15) is 0 Å². The smallest absolute Gasteiger partial charge is 0.303 e. The Labute approximate surface area is 404 Å². The number of allylic oxidation sites excluding steroid dienone is 1. The molecule has 3 atom stereocenters. The number of aromatic nitrogens is 1. The zero-order valence-corrected chi connectivity index (χ0v) is 44.4. The van der Waals surface area contributed by atoms with Crippen molar-refractivity contribution in [1.29, 1.82) is 0 Å². The van der Waals surface area contributed by atoms with E-state index in [1.165, 1.54) is 102 Å². The van der Waals surface area contributed by atoms with Crippen molar-refractivity contribution < 1.29 is 65.3 Å². The minimum atomic E-state index is -1.10. The molecule has 3 N–H and O–H groups in total. The van der Waals surface area contributed by atoms with Crippen LogP contribution in [0.5, 0.6) is 0 Å². The molecule has 0 amide bonds. The molecule has 3 fully saturated rings. The van der Waals surface area contributed by atoms with E-state index in [1.807, 2.05) is 0 Å². The molecule has 1 radical (unpaired) electrons. The quantitative estimate of drug-likeness (QED) is 0.0210. The maximum atomic E-state index is 10.0. The number of aliphatic imine (C=N–C) groups is 2. The van der Waals surface area contributed by atoms with E-state index in [1.54, 1.807) is 12.3 Å². The van der Waals surface area contributed by atoms with Gasteiger partial charge in [0.1, 0.15) is 24.9 Å². The summed E-state index contributed by atoms with van der Waals surface area (Å²) in [6.07, 6.45) is 23.6.